The lowest BCUT2D eigenvalue weighted by Crippen LogP contribution is -2.39. The first-order valence-electron chi connectivity index (χ1n) is 6.49. The topological polar surface area (TPSA) is 24.9 Å². The Morgan fingerprint density at radius 3 is 2.35 bits per heavy atom. The quantitative estimate of drug-likeness (QED) is 0.866. The largest absolute Gasteiger partial charge is 0.312 e. The normalized spacial score (nSPS) is 14.0. The Balaban J connectivity index is 2.52. The van der Waals surface area contributed by atoms with E-state index in [0.717, 1.165) is 13.0 Å². The second kappa shape index (κ2) is 5.96. The minimum atomic E-state index is 0.210. The first-order valence-corrected chi connectivity index (χ1v) is 7.31. The van der Waals surface area contributed by atoms with Gasteiger partial charge < -0.3 is 5.32 Å². The Morgan fingerprint density at radius 2 is 1.94 bits per heavy atom. The monoisotopic (exact) mass is 254 g/mol. The smallest absolute Gasteiger partial charge is 0.0934 e. The van der Waals surface area contributed by atoms with Crippen LogP contribution in [0.4, 0.5) is 0 Å². The third-order valence-corrected chi connectivity index (χ3v) is 4.13. The van der Waals surface area contributed by atoms with Crippen LogP contribution in [0, 0.1) is 19.8 Å². The first kappa shape index (κ1) is 14.7. The summed E-state index contributed by atoms with van der Waals surface area (Å²) in [5.41, 5.74) is 1.41. The molecule has 1 aromatic rings. The Hall–Kier alpha value is -0.410. The summed E-state index contributed by atoms with van der Waals surface area (Å²) in [5.74, 6) is 0.694. The predicted molar refractivity (Wildman–Crippen MR) is 76.8 cm³/mol. The molecule has 0 fully saturated rings. The molecule has 0 amide bonds. The molecule has 1 unspecified atom stereocenters. The van der Waals surface area contributed by atoms with Crippen molar-refractivity contribution in [2.45, 2.75) is 59.9 Å². The standard InChI is InChI=1S/C14H26N2S/c1-7-12(9-15-14(4,5)6)8-13-16-10(2)11(3)17-13/h12,15H,7-9H2,1-6H3. The molecule has 0 aliphatic heterocycles. The van der Waals surface area contributed by atoms with Gasteiger partial charge in [0.05, 0.1) is 10.7 Å². The van der Waals surface area contributed by atoms with E-state index >= 15 is 0 Å². The van der Waals surface area contributed by atoms with Crippen LogP contribution in [0.5, 0.6) is 0 Å². The van der Waals surface area contributed by atoms with Gasteiger partial charge >= 0.3 is 0 Å². The molecule has 1 atom stereocenters. The average molecular weight is 254 g/mol. The SMILES string of the molecule is CCC(CNC(C)(C)C)Cc1nc(C)c(C)s1. The van der Waals surface area contributed by atoms with Crippen LogP contribution in [0.15, 0.2) is 0 Å². The second-order valence-corrected chi connectivity index (χ2v) is 7.15. The maximum Gasteiger partial charge on any atom is 0.0934 e. The highest BCUT2D eigenvalue weighted by Gasteiger charge is 2.15. The summed E-state index contributed by atoms with van der Waals surface area (Å²) in [6.45, 7) is 14.3. The second-order valence-electron chi connectivity index (χ2n) is 5.86. The molecule has 0 aliphatic rings. The summed E-state index contributed by atoms with van der Waals surface area (Å²) < 4.78 is 0. The van der Waals surface area contributed by atoms with Gasteiger partial charge in [0.2, 0.25) is 0 Å². The van der Waals surface area contributed by atoms with Crippen molar-refractivity contribution >= 4 is 11.3 Å². The summed E-state index contributed by atoms with van der Waals surface area (Å²) in [7, 11) is 0. The van der Waals surface area contributed by atoms with Crippen molar-refractivity contribution in [1.29, 1.82) is 0 Å². The molecule has 0 aliphatic carbocycles. The van der Waals surface area contributed by atoms with Crippen molar-refractivity contribution < 1.29 is 0 Å². The number of aryl methyl sites for hydroxylation is 2. The van der Waals surface area contributed by atoms with Crippen molar-refractivity contribution in [2.24, 2.45) is 5.92 Å². The molecule has 0 aromatic carbocycles. The van der Waals surface area contributed by atoms with Gasteiger partial charge in [0.15, 0.2) is 0 Å². The molecule has 3 heteroatoms. The first-order chi connectivity index (χ1) is 7.81. The number of aromatic nitrogens is 1. The molecule has 1 rings (SSSR count). The zero-order chi connectivity index (χ0) is 13.1. The summed E-state index contributed by atoms with van der Waals surface area (Å²) in [4.78, 5) is 5.99. The molecule has 0 radical (unpaired) electrons. The van der Waals surface area contributed by atoms with E-state index in [1.165, 1.54) is 22.0 Å². The molecule has 17 heavy (non-hydrogen) atoms. The number of thiazole rings is 1. The minimum absolute atomic E-state index is 0.210. The molecule has 0 saturated carbocycles. The summed E-state index contributed by atoms with van der Waals surface area (Å²) in [6.07, 6.45) is 2.32. The van der Waals surface area contributed by atoms with Gasteiger partial charge in [-0.05, 0) is 47.1 Å². The van der Waals surface area contributed by atoms with Crippen LogP contribution in [-0.4, -0.2) is 17.1 Å². The molecule has 1 heterocycles. The maximum absolute atomic E-state index is 4.63. The van der Waals surface area contributed by atoms with Gasteiger partial charge in [-0.1, -0.05) is 13.3 Å². The highest BCUT2D eigenvalue weighted by Crippen LogP contribution is 2.20. The van der Waals surface area contributed by atoms with Gasteiger partial charge in [-0.2, -0.15) is 0 Å². The van der Waals surface area contributed by atoms with E-state index in [4.69, 9.17) is 0 Å². The van der Waals surface area contributed by atoms with Crippen LogP contribution in [-0.2, 0) is 6.42 Å². The Kier molecular flexibility index (Phi) is 5.14. The zero-order valence-corrected chi connectivity index (χ0v) is 12.9. The van der Waals surface area contributed by atoms with Crippen molar-refractivity contribution in [1.82, 2.24) is 10.3 Å². The highest BCUT2D eigenvalue weighted by molar-refractivity contribution is 7.11. The molecule has 1 aromatic heterocycles. The Labute approximate surface area is 110 Å². The van der Waals surface area contributed by atoms with E-state index in [1.807, 2.05) is 11.3 Å². The molecule has 2 nitrogen and oxygen atoms in total. The maximum atomic E-state index is 4.63. The lowest BCUT2D eigenvalue weighted by Gasteiger charge is -2.24. The lowest BCUT2D eigenvalue weighted by molar-refractivity contribution is 0.363. The number of nitrogens with one attached hydrogen (secondary N) is 1. The molecule has 0 spiro atoms. The molecular formula is C14H26N2S. The van der Waals surface area contributed by atoms with E-state index in [9.17, 15) is 0 Å². The number of nitrogens with zero attached hydrogens (tertiary/aromatic N) is 1. The van der Waals surface area contributed by atoms with Crippen LogP contribution in [0.25, 0.3) is 0 Å². The van der Waals surface area contributed by atoms with Gasteiger partial charge in [-0.25, -0.2) is 4.98 Å². The molecular weight excluding hydrogens is 228 g/mol. The van der Waals surface area contributed by atoms with Gasteiger partial charge in [-0.3, -0.25) is 0 Å². The van der Waals surface area contributed by atoms with Crippen LogP contribution in [0.1, 0.15) is 49.7 Å². The minimum Gasteiger partial charge on any atom is -0.312 e. The van der Waals surface area contributed by atoms with Gasteiger partial charge in [0.25, 0.3) is 0 Å². The van der Waals surface area contributed by atoms with Gasteiger partial charge in [-0.15, -0.1) is 11.3 Å². The summed E-state index contributed by atoms with van der Waals surface area (Å²) in [5, 5.41) is 4.89. The fourth-order valence-electron chi connectivity index (χ4n) is 1.68. The van der Waals surface area contributed by atoms with Crippen LogP contribution >= 0.6 is 11.3 Å². The molecule has 0 saturated heterocycles. The summed E-state index contributed by atoms with van der Waals surface area (Å²) in [6, 6.07) is 0. The van der Waals surface area contributed by atoms with E-state index < -0.39 is 0 Å². The zero-order valence-electron chi connectivity index (χ0n) is 12.1. The predicted octanol–water partition coefficient (Wildman–Crippen LogP) is 3.72. The van der Waals surface area contributed by atoms with Crippen LogP contribution in [0.2, 0.25) is 0 Å². The molecule has 98 valence electrons. The Bertz CT molecular complexity index is 330. The highest BCUT2D eigenvalue weighted by atomic mass is 32.1. The number of rotatable bonds is 5. The lowest BCUT2D eigenvalue weighted by atomic mass is 10.0. The third-order valence-electron chi connectivity index (χ3n) is 3.03. The van der Waals surface area contributed by atoms with Crippen LogP contribution < -0.4 is 5.32 Å². The fourth-order valence-corrected chi connectivity index (χ4v) is 2.73. The van der Waals surface area contributed by atoms with E-state index in [-0.39, 0.29) is 5.54 Å². The van der Waals surface area contributed by atoms with E-state index in [2.05, 4.69) is 51.8 Å². The van der Waals surface area contributed by atoms with Crippen molar-refractivity contribution in [2.75, 3.05) is 6.54 Å². The van der Waals surface area contributed by atoms with Gasteiger partial charge in [0.1, 0.15) is 0 Å². The van der Waals surface area contributed by atoms with Gasteiger partial charge in [0, 0.05) is 16.8 Å². The number of hydrogen-bond donors (Lipinski definition) is 1. The van der Waals surface area contributed by atoms with Crippen molar-refractivity contribution in [3.63, 3.8) is 0 Å². The average Bonchev–Trinajstić information content (AvgIpc) is 2.51. The third kappa shape index (κ3) is 5.17. The fraction of sp³-hybridized carbons (Fsp3) is 0.786. The van der Waals surface area contributed by atoms with E-state index in [0.29, 0.717) is 5.92 Å². The summed E-state index contributed by atoms with van der Waals surface area (Å²) >= 11 is 1.85. The molecule has 0 bridgehead atoms. The van der Waals surface area contributed by atoms with Crippen LogP contribution in [0.3, 0.4) is 0 Å². The van der Waals surface area contributed by atoms with Crippen molar-refractivity contribution in [3.05, 3.63) is 15.6 Å². The molecule has 1 N–H and O–H groups in total. The van der Waals surface area contributed by atoms with Crippen molar-refractivity contribution in [3.8, 4) is 0 Å². The number of hydrogen-bond acceptors (Lipinski definition) is 3. The van der Waals surface area contributed by atoms with E-state index in [1.54, 1.807) is 0 Å². The Morgan fingerprint density at radius 1 is 1.29 bits per heavy atom.